The van der Waals surface area contributed by atoms with Crippen molar-refractivity contribution in [2.24, 2.45) is 0 Å². The molecule has 7 nitrogen and oxygen atoms in total. The molecule has 4 aromatic rings. The Hall–Kier alpha value is -3.26. The molecule has 0 amide bonds. The molecule has 0 aliphatic carbocycles. The molecule has 8 heteroatoms. The van der Waals surface area contributed by atoms with Crippen LogP contribution in [0.4, 0.5) is 5.69 Å². The van der Waals surface area contributed by atoms with E-state index in [1.807, 2.05) is 26.0 Å². The van der Waals surface area contributed by atoms with Crippen molar-refractivity contribution in [3.05, 3.63) is 72.0 Å². The van der Waals surface area contributed by atoms with Gasteiger partial charge in [-0.1, -0.05) is 29.5 Å². The Morgan fingerprint density at radius 3 is 2.81 bits per heavy atom. The van der Waals surface area contributed by atoms with Crippen LogP contribution >= 0.6 is 11.3 Å². The summed E-state index contributed by atoms with van der Waals surface area (Å²) < 4.78 is 1.89. The van der Waals surface area contributed by atoms with E-state index >= 15 is 0 Å². The minimum atomic E-state index is -0.662. The molecule has 0 spiro atoms. The smallest absolute Gasteiger partial charge is 0.311 e. The lowest BCUT2D eigenvalue weighted by molar-refractivity contribution is -0.385. The number of para-hydroxylation sites is 1. The molecular formula is C18H13N3O4S. The number of nitro groups is 1. The van der Waals surface area contributed by atoms with Gasteiger partial charge in [0.15, 0.2) is 4.96 Å². The number of phenols is 1. The highest BCUT2D eigenvalue weighted by molar-refractivity contribution is 7.15. The molecule has 130 valence electrons. The molecular weight excluding hydrogens is 354 g/mol. The monoisotopic (exact) mass is 367 g/mol. The predicted molar refractivity (Wildman–Crippen MR) is 99.9 cm³/mol. The Kier molecular flexibility index (Phi) is 3.52. The van der Waals surface area contributed by atoms with Gasteiger partial charge in [0.05, 0.1) is 20.5 Å². The van der Waals surface area contributed by atoms with Gasteiger partial charge in [-0.05, 0) is 37.1 Å². The fraction of sp³-hybridized carbons (Fsp3) is 0.111. The number of rotatable bonds is 2. The van der Waals surface area contributed by atoms with E-state index in [-0.39, 0.29) is 11.1 Å². The van der Waals surface area contributed by atoms with Crippen molar-refractivity contribution >= 4 is 39.1 Å². The van der Waals surface area contributed by atoms with Gasteiger partial charge in [-0.2, -0.15) is 0 Å². The standard InChI is InChI=1S/C18H13N3O4S/c1-9-6-10(2)15-13(7-9)20-17(23)14(26-18(20)19-15)8-11-4-3-5-12(16(11)22)21(24)25/h3-8,22H,1-2H3. The van der Waals surface area contributed by atoms with Gasteiger partial charge in [0.25, 0.3) is 5.56 Å². The van der Waals surface area contributed by atoms with Crippen LogP contribution in [0.1, 0.15) is 16.7 Å². The summed E-state index contributed by atoms with van der Waals surface area (Å²) in [5, 5.41) is 21.1. The largest absolute Gasteiger partial charge is 0.502 e. The Morgan fingerprint density at radius 1 is 1.31 bits per heavy atom. The third-order valence-electron chi connectivity index (χ3n) is 4.21. The quantitative estimate of drug-likeness (QED) is 0.434. The number of benzene rings is 2. The first-order valence-electron chi connectivity index (χ1n) is 7.77. The van der Waals surface area contributed by atoms with E-state index in [4.69, 9.17) is 0 Å². The van der Waals surface area contributed by atoms with Crippen LogP contribution in [0, 0.1) is 24.0 Å². The van der Waals surface area contributed by atoms with Crippen molar-refractivity contribution in [1.29, 1.82) is 0 Å². The molecule has 0 saturated carbocycles. The summed E-state index contributed by atoms with van der Waals surface area (Å²) in [6.45, 7) is 3.90. The SMILES string of the molecule is Cc1cc(C)c2nc3sc(=Cc4cccc([N+](=O)[O-])c4O)c(=O)n3c2c1. The zero-order valence-corrected chi connectivity index (χ0v) is 14.7. The summed E-state index contributed by atoms with van der Waals surface area (Å²) in [5.41, 5.74) is 3.11. The average molecular weight is 367 g/mol. The average Bonchev–Trinajstić information content (AvgIpc) is 3.07. The van der Waals surface area contributed by atoms with Crippen molar-refractivity contribution in [1.82, 2.24) is 9.38 Å². The summed E-state index contributed by atoms with van der Waals surface area (Å²) >= 11 is 1.18. The zero-order valence-electron chi connectivity index (χ0n) is 13.9. The van der Waals surface area contributed by atoms with Gasteiger partial charge >= 0.3 is 5.69 Å². The number of aromatic nitrogens is 2. The van der Waals surface area contributed by atoms with Crippen molar-refractivity contribution in [3.63, 3.8) is 0 Å². The molecule has 0 aliphatic rings. The van der Waals surface area contributed by atoms with Gasteiger partial charge in [0, 0.05) is 11.6 Å². The van der Waals surface area contributed by atoms with E-state index in [1.165, 1.54) is 35.6 Å². The summed E-state index contributed by atoms with van der Waals surface area (Å²) in [6, 6.07) is 8.12. The third-order valence-corrected chi connectivity index (χ3v) is 5.18. The molecule has 2 aromatic heterocycles. The Morgan fingerprint density at radius 2 is 2.08 bits per heavy atom. The second-order valence-corrected chi connectivity index (χ2v) is 7.08. The molecule has 2 heterocycles. The zero-order chi connectivity index (χ0) is 18.6. The Labute approximate surface area is 150 Å². The minimum Gasteiger partial charge on any atom is -0.502 e. The molecule has 4 rings (SSSR count). The number of fused-ring (bicyclic) bond motifs is 3. The fourth-order valence-electron chi connectivity index (χ4n) is 3.06. The number of nitrogens with zero attached hydrogens (tertiary/aromatic N) is 3. The summed E-state index contributed by atoms with van der Waals surface area (Å²) in [4.78, 5) is 28.2. The Balaban J connectivity index is 2.01. The maximum absolute atomic E-state index is 12.8. The van der Waals surface area contributed by atoms with E-state index in [0.717, 1.165) is 22.2 Å². The molecule has 0 saturated heterocycles. The molecule has 0 radical (unpaired) electrons. The van der Waals surface area contributed by atoms with Crippen LogP contribution in [0.2, 0.25) is 0 Å². The van der Waals surface area contributed by atoms with Crippen LogP contribution in [0.15, 0.2) is 35.1 Å². The third kappa shape index (κ3) is 2.34. The van der Waals surface area contributed by atoms with E-state index < -0.39 is 16.4 Å². The maximum atomic E-state index is 12.8. The maximum Gasteiger partial charge on any atom is 0.311 e. The molecule has 0 fully saturated rings. The Bertz CT molecular complexity index is 1320. The normalized spacial score (nSPS) is 12.3. The van der Waals surface area contributed by atoms with Gasteiger partial charge in [0.1, 0.15) is 0 Å². The van der Waals surface area contributed by atoms with E-state index in [2.05, 4.69) is 4.98 Å². The van der Waals surface area contributed by atoms with Crippen molar-refractivity contribution in [2.45, 2.75) is 13.8 Å². The molecule has 26 heavy (non-hydrogen) atoms. The minimum absolute atomic E-state index is 0.220. The second kappa shape index (κ2) is 5.63. The number of phenolic OH excluding ortho intramolecular Hbond substituents is 1. The van der Waals surface area contributed by atoms with E-state index in [9.17, 15) is 20.0 Å². The highest BCUT2D eigenvalue weighted by Crippen LogP contribution is 2.29. The summed E-state index contributed by atoms with van der Waals surface area (Å²) in [6.07, 6.45) is 1.46. The van der Waals surface area contributed by atoms with Gasteiger partial charge in [-0.25, -0.2) is 9.38 Å². The van der Waals surface area contributed by atoms with Crippen LogP contribution < -0.4 is 10.1 Å². The topological polar surface area (TPSA) is 97.7 Å². The number of nitro benzene ring substituents is 1. The summed E-state index contributed by atoms with van der Waals surface area (Å²) in [7, 11) is 0. The molecule has 1 N–H and O–H groups in total. The molecule has 0 atom stereocenters. The summed E-state index contributed by atoms with van der Waals surface area (Å²) in [5.74, 6) is -0.459. The fourth-order valence-corrected chi connectivity index (χ4v) is 4.03. The lowest BCUT2D eigenvalue weighted by atomic mass is 10.1. The number of hydrogen-bond acceptors (Lipinski definition) is 6. The number of imidazole rings is 1. The van der Waals surface area contributed by atoms with Gasteiger partial charge < -0.3 is 5.11 Å². The lowest BCUT2D eigenvalue weighted by Gasteiger charge is -1.99. The van der Waals surface area contributed by atoms with Crippen molar-refractivity contribution in [2.75, 3.05) is 0 Å². The van der Waals surface area contributed by atoms with Gasteiger partial charge in [-0.15, -0.1) is 0 Å². The number of aryl methyl sites for hydroxylation is 2. The number of thiazole rings is 1. The first-order valence-corrected chi connectivity index (χ1v) is 8.59. The van der Waals surface area contributed by atoms with E-state index in [1.54, 1.807) is 4.40 Å². The van der Waals surface area contributed by atoms with Crippen molar-refractivity contribution < 1.29 is 10.0 Å². The van der Waals surface area contributed by atoms with Gasteiger partial charge in [-0.3, -0.25) is 14.9 Å². The second-order valence-electron chi connectivity index (χ2n) is 6.07. The highest BCUT2D eigenvalue weighted by Gasteiger charge is 2.17. The van der Waals surface area contributed by atoms with E-state index in [0.29, 0.717) is 9.49 Å². The molecule has 0 unspecified atom stereocenters. The molecule has 2 aromatic carbocycles. The van der Waals surface area contributed by atoms with Crippen LogP contribution in [0.3, 0.4) is 0 Å². The lowest BCUT2D eigenvalue weighted by Crippen LogP contribution is -2.22. The molecule has 0 aliphatic heterocycles. The number of aromatic hydroxyl groups is 1. The van der Waals surface area contributed by atoms with Crippen LogP contribution in [-0.4, -0.2) is 19.4 Å². The highest BCUT2D eigenvalue weighted by atomic mass is 32.1. The number of hydrogen-bond donors (Lipinski definition) is 1. The van der Waals surface area contributed by atoms with Gasteiger partial charge in [0.2, 0.25) is 5.75 Å². The predicted octanol–water partition coefficient (Wildman–Crippen LogP) is 2.69. The van der Waals surface area contributed by atoms with Crippen LogP contribution in [0.25, 0.3) is 22.1 Å². The first-order chi connectivity index (χ1) is 12.4. The van der Waals surface area contributed by atoms with Crippen LogP contribution in [0.5, 0.6) is 5.75 Å². The van der Waals surface area contributed by atoms with Crippen LogP contribution in [-0.2, 0) is 0 Å². The molecule has 0 bridgehead atoms. The van der Waals surface area contributed by atoms with Crippen molar-refractivity contribution in [3.8, 4) is 5.75 Å². The first kappa shape index (κ1) is 16.2.